The van der Waals surface area contributed by atoms with Gasteiger partial charge in [0.2, 0.25) is 5.78 Å². The van der Waals surface area contributed by atoms with Gasteiger partial charge in [0.25, 0.3) is 0 Å². The molecule has 0 aliphatic carbocycles. The van der Waals surface area contributed by atoms with Gasteiger partial charge in [-0.05, 0) is 31.0 Å². The SMILES string of the molecule is O=C(c1cc2ccccc2o1)C1COc2c1cccc2N1CCCC1. The molecular formula is C21H19NO3. The van der Waals surface area contributed by atoms with E-state index < -0.39 is 0 Å². The first-order valence-electron chi connectivity index (χ1n) is 8.85. The Bertz CT molecular complexity index is 920. The number of nitrogens with zero attached hydrogens (tertiary/aromatic N) is 1. The molecule has 1 atom stereocenters. The van der Waals surface area contributed by atoms with Crippen LogP contribution in [0.3, 0.4) is 0 Å². The van der Waals surface area contributed by atoms with E-state index >= 15 is 0 Å². The summed E-state index contributed by atoms with van der Waals surface area (Å²) < 4.78 is 11.7. The van der Waals surface area contributed by atoms with Gasteiger partial charge in [-0.2, -0.15) is 0 Å². The van der Waals surface area contributed by atoms with Crippen molar-refractivity contribution in [2.75, 3.05) is 24.6 Å². The fourth-order valence-corrected chi connectivity index (χ4v) is 3.93. The zero-order valence-corrected chi connectivity index (χ0v) is 13.9. The highest BCUT2D eigenvalue weighted by molar-refractivity contribution is 6.02. The number of carbonyl (C=O) groups is 1. The van der Waals surface area contributed by atoms with Gasteiger partial charge in [0.15, 0.2) is 5.76 Å². The molecule has 25 heavy (non-hydrogen) atoms. The summed E-state index contributed by atoms with van der Waals surface area (Å²) in [4.78, 5) is 15.4. The number of rotatable bonds is 3. The van der Waals surface area contributed by atoms with E-state index in [1.165, 1.54) is 12.8 Å². The summed E-state index contributed by atoms with van der Waals surface area (Å²) in [6.07, 6.45) is 2.43. The van der Waals surface area contributed by atoms with Gasteiger partial charge in [-0.15, -0.1) is 0 Å². The molecule has 0 bridgehead atoms. The van der Waals surface area contributed by atoms with Crippen LogP contribution in [0.25, 0.3) is 11.0 Å². The molecule has 0 N–H and O–H groups in total. The third-order valence-corrected chi connectivity index (χ3v) is 5.23. The van der Waals surface area contributed by atoms with Crippen LogP contribution in [0.4, 0.5) is 5.69 Å². The Morgan fingerprint density at radius 1 is 1.04 bits per heavy atom. The Balaban J connectivity index is 1.51. The number of para-hydroxylation sites is 2. The van der Waals surface area contributed by atoms with Crippen LogP contribution in [0.1, 0.15) is 34.9 Å². The fourth-order valence-electron chi connectivity index (χ4n) is 3.93. The van der Waals surface area contributed by atoms with Gasteiger partial charge >= 0.3 is 0 Å². The van der Waals surface area contributed by atoms with Crippen molar-refractivity contribution in [2.24, 2.45) is 0 Å². The Morgan fingerprint density at radius 2 is 1.88 bits per heavy atom. The van der Waals surface area contributed by atoms with Crippen LogP contribution >= 0.6 is 0 Å². The highest BCUT2D eigenvalue weighted by atomic mass is 16.5. The molecule has 0 amide bonds. The van der Waals surface area contributed by atoms with Crippen LogP contribution in [0.5, 0.6) is 5.75 Å². The normalized spacial score (nSPS) is 19.2. The number of fused-ring (bicyclic) bond motifs is 2. The Labute approximate surface area is 146 Å². The van der Waals surface area contributed by atoms with Crippen LogP contribution in [-0.4, -0.2) is 25.5 Å². The van der Waals surface area contributed by atoms with Crippen molar-refractivity contribution >= 4 is 22.4 Å². The minimum atomic E-state index is -0.293. The predicted molar refractivity (Wildman–Crippen MR) is 96.7 cm³/mol. The van der Waals surface area contributed by atoms with Gasteiger partial charge < -0.3 is 14.1 Å². The van der Waals surface area contributed by atoms with E-state index in [0.29, 0.717) is 12.4 Å². The molecule has 4 nitrogen and oxygen atoms in total. The number of furan rings is 1. The third-order valence-electron chi connectivity index (χ3n) is 5.23. The monoisotopic (exact) mass is 333 g/mol. The van der Waals surface area contributed by atoms with Gasteiger partial charge in [0.1, 0.15) is 17.9 Å². The first-order chi connectivity index (χ1) is 12.3. The van der Waals surface area contributed by atoms with Crippen LogP contribution in [0.15, 0.2) is 52.9 Å². The lowest BCUT2D eigenvalue weighted by atomic mass is 9.94. The predicted octanol–water partition coefficient (Wildman–Crippen LogP) is 4.39. The smallest absolute Gasteiger partial charge is 0.209 e. The molecule has 1 fully saturated rings. The number of benzene rings is 2. The lowest BCUT2D eigenvalue weighted by molar-refractivity contribution is 0.0922. The molecule has 0 saturated carbocycles. The maximum atomic E-state index is 13.0. The number of Topliss-reactive ketones (excluding diaryl/α,β-unsaturated/α-hetero) is 1. The molecule has 2 aromatic carbocycles. The quantitative estimate of drug-likeness (QED) is 0.667. The zero-order chi connectivity index (χ0) is 16.8. The van der Waals surface area contributed by atoms with Gasteiger partial charge in [-0.1, -0.05) is 30.3 Å². The number of ether oxygens (including phenoxy) is 1. The van der Waals surface area contributed by atoms with Gasteiger partial charge in [-0.25, -0.2) is 0 Å². The molecule has 0 radical (unpaired) electrons. The second-order valence-electron chi connectivity index (χ2n) is 6.77. The Hall–Kier alpha value is -2.75. The van der Waals surface area contributed by atoms with Crippen molar-refractivity contribution in [3.8, 4) is 5.75 Å². The highest BCUT2D eigenvalue weighted by Gasteiger charge is 2.35. The molecule has 4 heteroatoms. The maximum Gasteiger partial charge on any atom is 0.209 e. The third kappa shape index (κ3) is 2.32. The maximum absolute atomic E-state index is 13.0. The molecular weight excluding hydrogens is 314 g/mol. The topological polar surface area (TPSA) is 42.7 Å². The molecule has 126 valence electrons. The Kier molecular flexibility index (Phi) is 3.30. The van der Waals surface area contributed by atoms with Crippen molar-refractivity contribution in [3.05, 3.63) is 59.9 Å². The molecule has 1 unspecified atom stereocenters. The number of carbonyl (C=O) groups excluding carboxylic acids is 1. The second-order valence-corrected chi connectivity index (χ2v) is 6.77. The number of hydrogen-bond acceptors (Lipinski definition) is 4. The minimum absolute atomic E-state index is 0.00600. The summed E-state index contributed by atoms with van der Waals surface area (Å²) >= 11 is 0. The molecule has 3 aromatic rings. The molecule has 1 aromatic heterocycles. The first kappa shape index (κ1) is 14.6. The zero-order valence-electron chi connectivity index (χ0n) is 13.9. The van der Waals surface area contributed by atoms with Gasteiger partial charge in [-0.3, -0.25) is 4.79 Å². The number of anilines is 1. The van der Waals surface area contributed by atoms with Gasteiger partial charge in [0, 0.05) is 24.0 Å². The van der Waals surface area contributed by atoms with E-state index in [9.17, 15) is 4.79 Å². The van der Waals surface area contributed by atoms with Crippen molar-refractivity contribution in [1.82, 2.24) is 0 Å². The highest BCUT2D eigenvalue weighted by Crippen LogP contribution is 2.43. The minimum Gasteiger partial charge on any atom is -0.490 e. The van der Waals surface area contributed by atoms with Crippen molar-refractivity contribution in [1.29, 1.82) is 0 Å². The first-order valence-corrected chi connectivity index (χ1v) is 8.85. The summed E-state index contributed by atoms with van der Waals surface area (Å²) in [6.45, 7) is 2.50. The van der Waals surface area contributed by atoms with Gasteiger partial charge in [0.05, 0.1) is 11.6 Å². The molecule has 0 spiro atoms. The molecule has 2 aliphatic rings. The van der Waals surface area contributed by atoms with E-state index in [4.69, 9.17) is 9.15 Å². The lowest BCUT2D eigenvalue weighted by Crippen LogP contribution is -2.18. The molecule has 3 heterocycles. The average molecular weight is 333 g/mol. The summed E-state index contributed by atoms with van der Waals surface area (Å²) in [5.74, 6) is 0.986. The van der Waals surface area contributed by atoms with Crippen LogP contribution in [0, 0.1) is 0 Å². The summed E-state index contributed by atoms with van der Waals surface area (Å²) in [6, 6.07) is 15.7. The van der Waals surface area contributed by atoms with E-state index in [2.05, 4.69) is 11.0 Å². The summed E-state index contributed by atoms with van der Waals surface area (Å²) in [5.41, 5.74) is 2.85. The molecule has 5 rings (SSSR count). The Morgan fingerprint density at radius 3 is 2.72 bits per heavy atom. The summed E-state index contributed by atoms with van der Waals surface area (Å²) in [7, 11) is 0. The largest absolute Gasteiger partial charge is 0.490 e. The van der Waals surface area contributed by atoms with Crippen LogP contribution < -0.4 is 9.64 Å². The second kappa shape index (κ2) is 5.66. The van der Waals surface area contributed by atoms with E-state index in [1.54, 1.807) is 0 Å². The van der Waals surface area contributed by atoms with Crippen molar-refractivity contribution in [2.45, 2.75) is 18.8 Å². The molecule has 1 saturated heterocycles. The van der Waals surface area contributed by atoms with Crippen LogP contribution in [-0.2, 0) is 0 Å². The average Bonchev–Trinajstić information content (AvgIpc) is 3.38. The van der Waals surface area contributed by atoms with Crippen molar-refractivity contribution in [3.63, 3.8) is 0 Å². The number of ketones is 1. The van der Waals surface area contributed by atoms with Crippen molar-refractivity contribution < 1.29 is 13.9 Å². The van der Waals surface area contributed by atoms with E-state index in [1.807, 2.05) is 42.5 Å². The van der Waals surface area contributed by atoms with Crippen LogP contribution in [0.2, 0.25) is 0 Å². The lowest BCUT2D eigenvalue weighted by Gasteiger charge is -2.20. The molecule has 2 aliphatic heterocycles. The fraction of sp³-hybridized carbons (Fsp3) is 0.286. The standard InChI is InChI=1S/C21H19NO3/c23-20(19-12-14-6-1-2-9-18(14)25-19)16-13-24-21-15(16)7-5-8-17(21)22-10-3-4-11-22/h1-2,5-9,12,16H,3-4,10-11,13H2. The summed E-state index contributed by atoms with van der Waals surface area (Å²) in [5, 5.41) is 0.954. The number of hydrogen-bond donors (Lipinski definition) is 0. The van der Waals surface area contributed by atoms with E-state index in [0.717, 1.165) is 41.1 Å². The van der Waals surface area contributed by atoms with E-state index in [-0.39, 0.29) is 11.7 Å².